The van der Waals surface area contributed by atoms with Crippen molar-refractivity contribution in [2.24, 2.45) is 0 Å². The Balaban J connectivity index is 1.27. The number of likely N-dealkylation sites (tertiary alicyclic amines) is 1. The van der Waals surface area contributed by atoms with Gasteiger partial charge < -0.3 is 19.3 Å². The summed E-state index contributed by atoms with van der Waals surface area (Å²) in [7, 11) is 0. The molecule has 2 saturated heterocycles. The Labute approximate surface area is 281 Å². The molecule has 0 spiro atoms. The summed E-state index contributed by atoms with van der Waals surface area (Å²) in [6.07, 6.45) is -3.91. The molecule has 5 rings (SSSR count). The molecule has 2 aliphatic rings. The van der Waals surface area contributed by atoms with Gasteiger partial charge in [0.2, 0.25) is 0 Å². The molecule has 3 aromatic rings. The molecule has 0 atom stereocenters. The van der Waals surface area contributed by atoms with Crippen molar-refractivity contribution in [1.29, 1.82) is 0 Å². The standard InChI is InChI=1S/C36H38F5N3O5/c1-34(2,3)49-33(47)42-16-14-28(15-17-42)48-27-11-6-22(7-12-27)18-24-19-25(37)9-8-23(24)21-43-32(46)44(31(45)35(43,4)5)26-10-13-30(38)29(20-26)36(39,40)41/h6-13,19-20,28H,14-18,21H2,1-5H3. The number of nitrogens with zero attached hydrogens (tertiary/aromatic N) is 3. The van der Waals surface area contributed by atoms with Gasteiger partial charge in [0.05, 0.1) is 11.3 Å². The maximum Gasteiger partial charge on any atom is 0.419 e. The normalized spacial score (nSPS) is 17.1. The lowest BCUT2D eigenvalue weighted by molar-refractivity contribution is -0.140. The summed E-state index contributed by atoms with van der Waals surface area (Å²) in [5, 5.41) is 0. The van der Waals surface area contributed by atoms with E-state index in [2.05, 4.69) is 0 Å². The first-order chi connectivity index (χ1) is 22.8. The Bertz CT molecular complexity index is 1730. The summed E-state index contributed by atoms with van der Waals surface area (Å²) in [6.45, 7) is 9.28. The Morgan fingerprint density at radius 1 is 0.898 bits per heavy atom. The number of alkyl halides is 3. The minimum atomic E-state index is -5.03. The van der Waals surface area contributed by atoms with E-state index in [-0.39, 0.29) is 25.2 Å². The van der Waals surface area contributed by atoms with Crippen LogP contribution in [-0.2, 0) is 28.7 Å². The third-order valence-electron chi connectivity index (χ3n) is 8.55. The van der Waals surface area contributed by atoms with Crippen molar-refractivity contribution in [3.8, 4) is 5.75 Å². The molecule has 2 heterocycles. The fourth-order valence-corrected chi connectivity index (χ4v) is 5.86. The number of amides is 4. The van der Waals surface area contributed by atoms with Crippen molar-refractivity contribution >= 4 is 23.7 Å². The lowest BCUT2D eigenvalue weighted by Gasteiger charge is -2.33. The summed E-state index contributed by atoms with van der Waals surface area (Å²) in [5.41, 5.74) is -2.16. The van der Waals surface area contributed by atoms with Crippen LogP contribution < -0.4 is 9.64 Å². The molecule has 8 nitrogen and oxygen atoms in total. The van der Waals surface area contributed by atoms with Crippen LogP contribution in [0.4, 0.5) is 37.2 Å². The van der Waals surface area contributed by atoms with Crippen LogP contribution in [0.25, 0.3) is 0 Å². The second-order valence-corrected chi connectivity index (χ2v) is 13.7. The first kappa shape index (κ1) is 35.6. The molecule has 3 aromatic carbocycles. The molecule has 0 radical (unpaired) electrons. The topological polar surface area (TPSA) is 79.4 Å². The fraction of sp³-hybridized carbons (Fsp3) is 0.417. The zero-order valence-corrected chi connectivity index (χ0v) is 27.9. The summed E-state index contributed by atoms with van der Waals surface area (Å²) < 4.78 is 80.2. The van der Waals surface area contributed by atoms with Gasteiger partial charge in [0, 0.05) is 32.5 Å². The van der Waals surface area contributed by atoms with Gasteiger partial charge in [0.15, 0.2) is 0 Å². The number of benzene rings is 3. The van der Waals surface area contributed by atoms with Crippen LogP contribution in [-0.4, -0.2) is 58.2 Å². The quantitative estimate of drug-likeness (QED) is 0.185. The summed E-state index contributed by atoms with van der Waals surface area (Å²) in [4.78, 5) is 42.8. The number of hydrogen-bond donors (Lipinski definition) is 0. The number of piperidine rings is 1. The van der Waals surface area contributed by atoms with Crippen LogP contribution in [0.5, 0.6) is 5.75 Å². The van der Waals surface area contributed by atoms with Gasteiger partial charge >= 0.3 is 18.3 Å². The van der Waals surface area contributed by atoms with Crippen LogP contribution in [0.3, 0.4) is 0 Å². The van der Waals surface area contributed by atoms with Crippen LogP contribution in [0, 0.1) is 11.6 Å². The van der Waals surface area contributed by atoms with Gasteiger partial charge in [-0.3, -0.25) is 4.79 Å². The minimum Gasteiger partial charge on any atom is -0.490 e. The van der Waals surface area contributed by atoms with E-state index in [1.54, 1.807) is 17.0 Å². The zero-order chi connectivity index (χ0) is 35.9. The number of halogens is 5. The van der Waals surface area contributed by atoms with Crippen LogP contribution in [0.2, 0.25) is 0 Å². The van der Waals surface area contributed by atoms with Gasteiger partial charge in [0.25, 0.3) is 5.91 Å². The number of anilines is 1. The molecule has 0 aromatic heterocycles. The van der Waals surface area contributed by atoms with Gasteiger partial charge in [-0.1, -0.05) is 18.2 Å². The maximum absolute atomic E-state index is 14.5. The van der Waals surface area contributed by atoms with E-state index in [9.17, 15) is 36.3 Å². The predicted octanol–water partition coefficient (Wildman–Crippen LogP) is 8.10. The van der Waals surface area contributed by atoms with Crippen molar-refractivity contribution in [3.05, 3.63) is 94.6 Å². The van der Waals surface area contributed by atoms with Crippen molar-refractivity contribution in [2.75, 3.05) is 18.0 Å². The number of carbonyl (C=O) groups excluding carboxylic acids is 3. The second kappa shape index (κ2) is 13.3. The third kappa shape index (κ3) is 7.97. The monoisotopic (exact) mass is 687 g/mol. The van der Waals surface area contributed by atoms with Crippen molar-refractivity contribution in [3.63, 3.8) is 0 Å². The molecular formula is C36H38F5N3O5. The molecule has 0 N–H and O–H groups in total. The van der Waals surface area contributed by atoms with E-state index in [0.29, 0.717) is 59.8 Å². The first-order valence-corrected chi connectivity index (χ1v) is 15.9. The van der Waals surface area contributed by atoms with Crippen molar-refractivity contribution in [2.45, 2.75) is 83.8 Å². The maximum atomic E-state index is 14.5. The Morgan fingerprint density at radius 3 is 2.16 bits per heavy atom. The lowest BCUT2D eigenvalue weighted by atomic mass is 9.97. The van der Waals surface area contributed by atoms with Gasteiger partial charge in [0.1, 0.15) is 34.6 Å². The number of hydrogen-bond acceptors (Lipinski definition) is 5. The van der Waals surface area contributed by atoms with Crippen molar-refractivity contribution < 1.29 is 45.8 Å². The lowest BCUT2D eigenvalue weighted by Crippen LogP contribution is -2.44. The fourth-order valence-electron chi connectivity index (χ4n) is 5.86. The highest BCUT2D eigenvalue weighted by Crippen LogP contribution is 2.38. The van der Waals surface area contributed by atoms with E-state index in [1.807, 2.05) is 32.9 Å². The highest BCUT2D eigenvalue weighted by Gasteiger charge is 2.52. The molecule has 2 fully saturated rings. The molecule has 0 bridgehead atoms. The Kier molecular flexibility index (Phi) is 9.68. The predicted molar refractivity (Wildman–Crippen MR) is 171 cm³/mol. The van der Waals surface area contributed by atoms with E-state index < -0.39 is 52.1 Å². The second-order valence-electron chi connectivity index (χ2n) is 13.7. The number of urea groups is 1. The SMILES string of the molecule is CC(C)(C)OC(=O)N1CCC(Oc2ccc(Cc3cc(F)ccc3CN3C(=O)N(c4ccc(F)c(C(F)(F)F)c4)C(=O)C3(C)C)cc2)CC1. The Hall–Kier alpha value is -4.68. The molecule has 0 saturated carbocycles. The molecule has 262 valence electrons. The van der Waals surface area contributed by atoms with Crippen LogP contribution in [0.15, 0.2) is 60.7 Å². The molecule has 13 heteroatoms. The van der Waals surface area contributed by atoms with E-state index in [0.717, 1.165) is 11.6 Å². The largest absolute Gasteiger partial charge is 0.490 e. The molecular weight excluding hydrogens is 649 g/mol. The van der Waals surface area contributed by atoms with Gasteiger partial charge in [-0.25, -0.2) is 23.3 Å². The smallest absolute Gasteiger partial charge is 0.419 e. The zero-order valence-electron chi connectivity index (χ0n) is 27.9. The summed E-state index contributed by atoms with van der Waals surface area (Å²) in [5.74, 6) is -2.18. The summed E-state index contributed by atoms with van der Waals surface area (Å²) in [6, 6.07) is 12.4. The molecule has 49 heavy (non-hydrogen) atoms. The van der Waals surface area contributed by atoms with Gasteiger partial charge in [-0.2, -0.15) is 13.2 Å². The van der Waals surface area contributed by atoms with Gasteiger partial charge in [-0.15, -0.1) is 0 Å². The number of imide groups is 1. The number of rotatable bonds is 7. The number of ether oxygens (including phenoxy) is 2. The highest BCUT2D eigenvalue weighted by molar-refractivity contribution is 6.23. The van der Waals surface area contributed by atoms with E-state index in [4.69, 9.17) is 9.47 Å². The van der Waals surface area contributed by atoms with E-state index >= 15 is 0 Å². The molecule has 2 aliphatic heterocycles. The Morgan fingerprint density at radius 2 is 1.55 bits per heavy atom. The van der Waals surface area contributed by atoms with E-state index in [1.165, 1.54) is 36.9 Å². The highest BCUT2D eigenvalue weighted by atomic mass is 19.4. The average Bonchev–Trinajstić information content (AvgIpc) is 3.17. The third-order valence-corrected chi connectivity index (χ3v) is 8.55. The summed E-state index contributed by atoms with van der Waals surface area (Å²) >= 11 is 0. The molecule has 0 unspecified atom stereocenters. The van der Waals surface area contributed by atoms with Crippen LogP contribution >= 0.6 is 0 Å². The van der Waals surface area contributed by atoms with Gasteiger partial charge in [-0.05, 0) is 100 Å². The number of carbonyl (C=O) groups is 3. The van der Waals surface area contributed by atoms with Crippen LogP contribution in [0.1, 0.15) is 69.7 Å². The first-order valence-electron chi connectivity index (χ1n) is 15.9. The minimum absolute atomic E-state index is 0.0852. The molecule has 4 amide bonds. The molecule has 0 aliphatic carbocycles. The van der Waals surface area contributed by atoms with Crippen molar-refractivity contribution in [1.82, 2.24) is 9.80 Å². The average molecular weight is 688 g/mol.